The number of ether oxygens (including phenoxy) is 3. The number of hydrogen-bond donors (Lipinski definition) is 0. The zero-order valence-corrected chi connectivity index (χ0v) is 28.1. The van der Waals surface area contributed by atoms with Gasteiger partial charge in [-0.05, 0) is 57.2 Å². The summed E-state index contributed by atoms with van der Waals surface area (Å²) in [7, 11) is -2.55. The van der Waals surface area contributed by atoms with Crippen LogP contribution in [0.5, 0.6) is 5.75 Å². The van der Waals surface area contributed by atoms with Gasteiger partial charge in [0.05, 0.1) is 22.4 Å². The Hall–Kier alpha value is -4.61. The lowest BCUT2D eigenvalue weighted by Gasteiger charge is -2.41. The molecule has 0 radical (unpaired) electrons. The number of piperazine rings is 1. The number of aryl methyl sites for hydroxylation is 1. The Bertz CT molecular complexity index is 2110. The first-order chi connectivity index (χ1) is 22.8. The van der Waals surface area contributed by atoms with Gasteiger partial charge in [-0.2, -0.15) is 0 Å². The Morgan fingerprint density at radius 1 is 1.12 bits per heavy atom. The van der Waals surface area contributed by atoms with E-state index in [1.165, 1.54) is 32.2 Å². The molecule has 2 aliphatic heterocycles. The largest absolute Gasteiger partial charge is 0.468 e. The van der Waals surface area contributed by atoms with Crippen molar-refractivity contribution in [1.29, 1.82) is 0 Å². The zero-order valence-electron chi connectivity index (χ0n) is 27.3. The van der Waals surface area contributed by atoms with E-state index in [0.717, 1.165) is 0 Å². The molecular formula is C34H35F2N5O6S. The van der Waals surface area contributed by atoms with Gasteiger partial charge >= 0.3 is 6.09 Å². The predicted molar refractivity (Wildman–Crippen MR) is 176 cm³/mol. The maximum absolute atomic E-state index is 17.0. The summed E-state index contributed by atoms with van der Waals surface area (Å²) in [6, 6.07) is 5.54. The minimum atomic E-state index is -4.00. The van der Waals surface area contributed by atoms with Gasteiger partial charge in [-0.3, -0.25) is 0 Å². The molecule has 2 aromatic heterocycles. The van der Waals surface area contributed by atoms with Crippen molar-refractivity contribution in [2.45, 2.75) is 57.3 Å². The average molecular weight is 680 g/mol. The molecule has 2 aliphatic rings. The number of pyridine rings is 1. The topological polar surface area (TPSA) is 124 Å². The molecule has 0 saturated carbocycles. The highest BCUT2D eigenvalue weighted by Gasteiger charge is 2.38. The summed E-state index contributed by atoms with van der Waals surface area (Å²) in [5.74, 6) is 0.984. The van der Waals surface area contributed by atoms with Crippen molar-refractivity contribution in [2.75, 3.05) is 44.2 Å². The van der Waals surface area contributed by atoms with Crippen molar-refractivity contribution >= 4 is 43.4 Å². The van der Waals surface area contributed by atoms with Crippen molar-refractivity contribution in [3.63, 3.8) is 0 Å². The van der Waals surface area contributed by atoms with Gasteiger partial charge in [-0.1, -0.05) is 18.9 Å². The highest BCUT2D eigenvalue weighted by Crippen LogP contribution is 2.42. The van der Waals surface area contributed by atoms with Gasteiger partial charge in [-0.15, -0.1) is 6.42 Å². The highest BCUT2D eigenvalue weighted by molar-refractivity contribution is 7.91. The smallest absolute Gasteiger partial charge is 0.410 e. The molecule has 0 N–H and O–H groups in total. The summed E-state index contributed by atoms with van der Waals surface area (Å²) < 4.78 is 74.9. The van der Waals surface area contributed by atoms with Gasteiger partial charge in [0.1, 0.15) is 34.2 Å². The van der Waals surface area contributed by atoms with E-state index in [0.29, 0.717) is 30.5 Å². The van der Waals surface area contributed by atoms with Crippen LogP contribution in [0.3, 0.4) is 0 Å². The fourth-order valence-corrected chi connectivity index (χ4v) is 6.88. The summed E-state index contributed by atoms with van der Waals surface area (Å²) in [5.41, 5.74) is -0.661. The minimum Gasteiger partial charge on any atom is -0.468 e. The summed E-state index contributed by atoms with van der Waals surface area (Å²) in [5, 5.41) is 0.452. The second-order valence-corrected chi connectivity index (χ2v) is 14.8. The van der Waals surface area contributed by atoms with Gasteiger partial charge in [0.25, 0.3) is 0 Å². The Kier molecular flexibility index (Phi) is 8.63. The number of amides is 1. The quantitative estimate of drug-likeness (QED) is 0.152. The lowest BCUT2D eigenvalue weighted by molar-refractivity contribution is 0.0212. The van der Waals surface area contributed by atoms with Gasteiger partial charge in [-0.25, -0.2) is 36.9 Å². The number of rotatable bonds is 6. The van der Waals surface area contributed by atoms with Crippen molar-refractivity contribution in [1.82, 2.24) is 19.9 Å². The first kappa shape index (κ1) is 33.3. The van der Waals surface area contributed by atoms with E-state index in [1.54, 1.807) is 31.7 Å². The number of carbonyl (C=O) groups excluding carboxylic acids is 1. The van der Waals surface area contributed by atoms with Crippen LogP contribution < -0.4 is 9.64 Å². The van der Waals surface area contributed by atoms with Crippen LogP contribution in [0.4, 0.5) is 19.4 Å². The van der Waals surface area contributed by atoms with E-state index >= 15 is 8.78 Å². The average Bonchev–Trinajstić information content (AvgIpc) is 3.20. The van der Waals surface area contributed by atoms with Crippen LogP contribution in [-0.2, 0) is 25.7 Å². The Balaban J connectivity index is 1.59. The number of halogens is 2. The second-order valence-electron chi connectivity index (χ2n) is 12.7. The Morgan fingerprint density at radius 2 is 1.90 bits per heavy atom. The molecule has 4 heterocycles. The third kappa shape index (κ3) is 5.97. The molecule has 0 bridgehead atoms. The number of methoxy groups -OCH3 is 1. The monoisotopic (exact) mass is 679 g/mol. The van der Waals surface area contributed by atoms with Crippen LogP contribution in [0.25, 0.3) is 32.9 Å². The van der Waals surface area contributed by atoms with Gasteiger partial charge < -0.3 is 24.0 Å². The fraction of sp³-hybridized carbons (Fsp3) is 0.412. The molecule has 252 valence electrons. The molecule has 14 heteroatoms. The third-order valence-electron chi connectivity index (χ3n) is 8.38. The molecule has 1 saturated heterocycles. The maximum Gasteiger partial charge on any atom is 0.410 e. The molecule has 48 heavy (non-hydrogen) atoms. The highest BCUT2D eigenvalue weighted by atomic mass is 32.2. The van der Waals surface area contributed by atoms with Crippen LogP contribution in [0.1, 0.15) is 45.4 Å². The summed E-state index contributed by atoms with van der Waals surface area (Å²) in [4.78, 5) is 30.1. The summed E-state index contributed by atoms with van der Waals surface area (Å²) >= 11 is 0. The molecule has 0 unspecified atom stereocenters. The van der Waals surface area contributed by atoms with Crippen LogP contribution in [0.2, 0.25) is 0 Å². The van der Waals surface area contributed by atoms with E-state index < -0.39 is 38.3 Å². The Labute approximate surface area is 277 Å². The molecular weight excluding hydrogens is 644 g/mol. The van der Waals surface area contributed by atoms with Crippen LogP contribution in [0.15, 0.2) is 29.4 Å². The van der Waals surface area contributed by atoms with Crippen molar-refractivity contribution in [3.05, 3.63) is 47.2 Å². The Morgan fingerprint density at radius 3 is 2.58 bits per heavy atom. The number of benzene rings is 2. The number of sulfone groups is 1. The van der Waals surface area contributed by atoms with Gasteiger partial charge in [0, 0.05) is 43.7 Å². The SMILES string of the molecule is C#Cc1c(F)ccc2cc(OCOC)cc(-c3nc4c5c(nc(S(=O)(=O)CC)nc5c3F)N3CCN(C(=O)OC(C)(C)C)C[C@H]3CC4)c12. The molecule has 6 rings (SSSR count). The minimum absolute atomic E-state index is 0.0926. The molecule has 4 aromatic rings. The molecule has 0 aliphatic carbocycles. The van der Waals surface area contributed by atoms with Gasteiger partial charge in [0.15, 0.2) is 12.6 Å². The second kappa shape index (κ2) is 12.4. The van der Waals surface area contributed by atoms with Crippen LogP contribution >= 0.6 is 0 Å². The third-order valence-corrected chi connectivity index (χ3v) is 9.88. The van der Waals surface area contributed by atoms with E-state index in [9.17, 15) is 13.2 Å². The molecule has 1 atom stereocenters. The van der Waals surface area contributed by atoms with Crippen LogP contribution in [0, 0.1) is 24.0 Å². The zero-order chi connectivity index (χ0) is 34.5. The number of aromatic nitrogens is 3. The van der Waals surface area contributed by atoms with Gasteiger partial charge in [0.2, 0.25) is 15.0 Å². The molecule has 0 spiro atoms. The number of carbonyl (C=O) groups is 1. The standard InChI is InChI=1S/C34H35F2N5O6S/c1-7-22-24(35)11-9-19-15-21(46-18-45-6)16-23(26(19)22)29-28(36)30-27-25(37-29)12-10-20-17-40(33(42)47-34(3,4)5)13-14-41(20)31(27)39-32(38-30)48(43,44)8-2/h1,9,11,15-16,20H,8,10,12-14,17-18H2,2-6H3/t20-/m1/s1. The lowest BCUT2D eigenvalue weighted by atomic mass is 9.95. The van der Waals surface area contributed by atoms with Crippen molar-refractivity contribution < 1.29 is 36.2 Å². The van der Waals surface area contributed by atoms with E-state index in [1.807, 2.05) is 4.90 Å². The van der Waals surface area contributed by atoms with Crippen molar-refractivity contribution in [3.8, 4) is 29.4 Å². The van der Waals surface area contributed by atoms with E-state index in [2.05, 4.69) is 15.9 Å². The molecule has 11 nitrogen and oxygen atoms in total. The molecule has 2 aromatic carbocycles. The summed E-state index contributed by atoms with van der Waals surface area (Å²) in [6.45, 7) is 7.55. The number of terminal acetylenes is 1. The fourth-order valence-electron chi connectivity index (χ4n) is 6.17. The number of nitrogens with zero attached hydrogens (tertiary/aromatic N) is 5. The van der Waals surface area contributed by atoms with E-state index in [4.69, 9.17) is 25.6 Å². The van der Waals surface area contributed by atoms with E-state index in [-0.39, 0.29) is 76.4 Å². The first-order valence-corrected chi connectivity index (χ1v) is 17.1. The number of fused-ring (bicyclic) bond motifs is 3. The predicted octanol–water partition coefficient (Wildman–Crippen LogP) is 5.25. The first-order valence-electron chi connectivity index (χ1n) is 15.5. The van der Waals surface area contributed by atoms with Crippen LogP contribution in [-0.4, -0.2) is 85.3 Å². The number of anilines is 1. The normalized spacial score (nSPS) is 16.4. The number of hydrogen-bond acceptors (Lipinski definition) is 10. The lowest BCUT2D eigenvalue weighted by Crippen LogP contribution is -2.55. The summed E-state index contributed by atoms with van der Waals surface area (Å²) in [6.07, 6.45) is 6.08. The molecule has 1 amide bonds. The maximum atomic E-state index is 17.0. The molecule has 1 fully saturated rings. The van der Waals surface area contributed by atoms with Crippen molar-refractivity contribution in [2.24, 2.45) is 0 Å².